The van der Waals surface area contributed by atoms with Crippen molar-refractivity contribution < 1.29 is 14.8 Å². The Labute approximate surface area is 250 Å². The van der Waals surface area contributed by atoms with Gasteiger partial charge in [-0.15, -0.1) is 0 Å². The number of pyridine rings is 2. The lowest BCUT2D eigenvalue weighted by molar-refractivity contribution is -0.142. The first-order valence-corrected chi connectivity index (χ1v) is 15.7. The summed E-state index contributed by atoms with van der Waals surface area (Å²) in [5.74, 6) is 0.781. The van der Waals surface area contributed by atoms with Crippen LogP contribution in [0, 0.1) is 17.8 Å². The van der Waals surface area contributed by atoms with Crippen LogP contribution in [0.2, 0.25) is 0 Å². The van der Waals surface area contributed by atoms with E-state index in [1.807, 2.05) is 38.3 Å². The van der Waals surface area contributed by atoms with Gasteiger partial charge in [-0.1, -0.05) is 17.3 Å². The van der Waals surface area contributed by atoms with Crippen molar-refractivity contribution in [2.75, 3.05) is 45.8 Å². The number of rotatable bonds is 5. The molecule has 2 aromatic rings. The molecule has 228 valence electrons. The second-order valence-electron chi connectivity index (χ2n) is 13.4. The molecule has 0 aromatic carbocycles. The number of fused-ring (bicyclic) bond motifs is 8. The van der Waals surface area contributed by atoms with E-state index in [2.05, 4.69) is 10.1 Å². The highest BCUT2D eigenvalue weighted by Crippen LogP contribution is 2.37. The van der Waals surface area contributed by atoms with Crippen molar-refractivity contribution >= 4 is 17.5 Å². The number of oxime groups is 1. The van der Waals surface area contributed by atoms with Crippen LogP contribution in [0.25, 0.3) is 0 Å². The molecule has 4 bridgehead atoms. The number of likely N-dealkylation sites (tertiary alicyclic amines) is 3. The molecule has 3 saturated heterocycles. The summed E-state index contributed by atoms with van der Waals surface area (Å²) < 4.78 is 3.77. The molecule has 5 atom stereocenters. The van der Waals surface area contributed by atoms with E-state index >= 15 is 0 Å². The van der Waals surface area contributed by atoms with Gasteiger partial charge in [0.25, 0.3) is 11.1 Å². The van der Waals surface area contributed by atoms with Gasteiger partial charge in [-0.2, -0.15) is 0 Å². The van der Waals surface area contributed by atoms with Crippen LogP contribution < -0.4 is 11.1 Å². The van der Waals surface area contributed by atoms with Crippen molar-refractivity contribution in [3.05, 3.63) is 68.5 Å². The van der Waals surface area contributed by atoms with Gasteiger partial charge in [0.05, 0.1) is 18.1 Å². The lowest BCUT2D eigenvalue weighted by Gasteiger charge is -2.44. The molecule has 3 fully saturated rings. The Hall–Kier alpha value is -3.73. The fourth-order valence-electron chi connectivity index (χ4n) is 8.53. The van der Waals surface area contributed by atoms with Crippen LogP contribution in [0.5, 0.6) is 0 Å². The van der Waals surface area contributed by atoms with Crippen molar-refractivity contribution in [1.29, 1.82) is 0 Å². The lowest BCUT2D eigenvalue weighted by Crippen LogP contribution is -2.53. The third-order valence-electron chi connectivity index (χ3n) is 10.4. The largest absolute Gasteiger partial charge is 0.411 e. The minimum absolute atomic E-state index is 0.0265. The molecule has 0 radical (unpaired) electrons. The van der Waals surface area contributed by atoms with E-state index in [1.165, 1.54) is 0 Å². The molecule has 0 aliphatic carbocycles. The second kappa shape index (κ2) is 11.4. The van der Waals surface area contributed by atoms with Crippen LogP contribution >= 0.6 is 0 Å². The standard InChI is InChI=1S/C32H40N6O5/c39-29-7-1-5-27-24-10-21(15-37(27)29)13-34(17-24)20-26(33-43)12-31(41)35-9-3-4-23(18-35)32(42)36-14-22-11-25(19-36)28-6-2-8-30(40)38(28)16-22/h1-2,5-8,21-25,43H,3-4,9-20H2. The number of piperidine rings is 3. The minimum atomic E-state index is -0.242. The first kappa shape index (κ1) is 28.1. The number of carbonyl (C=O) groups excluding carboxylic acids is 2. The number of hydrogen-bond acceptors (Lipinski definition) is 7. The van der Waals surface area contributed by atoms with Crippen LogP contribution in [0.3, 0.4) is 0 Å². The van der Waals surface area contributed by atoms with Gasteiger partial charge in [-0.3, -0.25) is 24.1 Å². The lowest BCUT2D eigenvalue weighted by atomic mass is 9.82. The maximum absolute atomic E-state index is 13.7. The molecular formula is C32H40N6O5. The first-order chi connectivity index (χ1) is 20.9. The van der Waals surface area contributed by atoms with E-state index in [-0.39, 0.29) is 53.0 Å². The maximum atomic E-state index is 13.7. The maximum Gasteiger partial charge on any atom is 0.250 e. The Kier molecular flexibility index (Phi) is 7.44. The second-order valence-corrected chi connectivity index (χ2v) is 13.4. The number of nitrogens with zero attached hydrogens (tertiary/aromatic N) is 6. The summed E-state index contributed by atoms with van der Waals surface area (Å²) in [5, 5.41) is 13.4. The Morgan fingerprint density at radius 3 is 2.12 bits per heavy atom. The molecule has 11 heteroatoms. The SMILES string of the molecule is O=C(CC(CN1CC2CC(C1)c1cccc(=O)n1C2)=NO)N1CCCC(C(=O)N2CC3CC(C2)c2cccc(=O)n2C3)C1. The predicted octanol–water partition coefficient (Wildman–Crippen LogP) is 1.53. The summed E-state index contributed by atoms with van der Waals surface area (Å²) >= 11 is 0. The minimum Gasteiger partial charge on any atom is -0.411 e. The van der Waals surface area contributed by atoms with Crippen LogP contribution in [0.15, 0.2) is 51.1 Å². The van der Waals surface area contributed by atoms with Crippen molar-refractivity contribution in [2.45, 2.75) is 57.0 Å². The summed E-state index contributed by atoms with van der Waals surface area (Å²) in [7, 11) is 0. The Balaban J connectivity index is 0.955. The highest BCUT2D eigenvalue weighted by molar-refractivity contribution is 6.02. The third-order valence-corrected chi connectivity index (χ3v) is 10.4. The monoisotopic (exact) mass is 588 g/mol. The fraction of sp³-hybridized carbons (Fsp3) is 0.594. The molecule has 11 nitrogen and oxygen atoms in total. The zero-order valence-corrected chi connectivity index (χ0v) is 24.5. The van der Waals surface area contributed by atoms with Crippen molar-refractivity contribution in [1.82, 2.24) is 23.8 Å². The van der Waals surface area contributed by atoms with Gasteiger partial charge in [0.1, 0.15) is 0 Å². The van der Waals surface area contributed by atoms with E-state index in [4.69, 9.17) is 0 Å². The van der Waals surface area contributed by atoms with Crippen molar-refractivity contribution in [3.8, 4) is 0 Å². The summed E-state index contributed by atoms with van der Waals surface area (Å²) in [6, 6.07) is 10.9. The van der Waals surface area contributed by atoms with Gasteiger partial charge in [-0.05, 0) is 49.7 Å². The van der Waals surface area contributed by atoms with E-state index in [0.29, 0.717) is 57.4 Å². The quantitative estimate of drug-likeness (QED) is 0.322. The van der Waals surface area contributed by atoms with Crippen LogP contribution in [-0.2, 0) is 22.7 Å². The summed E-state index contributed by atoms with van der Waals surface area (Å²) in [6.07, 6.45) is 3.58. The Morgan fingerprint density at radius 2 is 1.44 bits per heavy atom. The fourth-order valence-corrected chi connectivity index (χ4v) is 8.53. The van der Waals surface area contributed by atoms with Crippen molar-refractivity contribution in [3.63, 3.8) is 0 Å². The molecule has 2 amide bonds. The molecule has 5 aliphatic rings. The number of carbonyl (C=O) groups is 2. The predicted molar refractivity (Wildman–Crippen MR) is 159 cm³/mol. The topological polar surface area (TPSA) is 120 Å². The number of amides is 2. The zero-order valence-electron chi connectivity index (χ0n) is 24.5. The highest BCUT2D eigenvalue weighted by Gasteiger charge is 2.40. The molecule has 0 spiro atoms. The molecule has 5 aliphatic heterocycles. The van der Waals surface area contributed by atoms with Gasteiger partial charge >= 0.3 is 0 Å². The average molecular weight is 589 g/mol. The van der Waals surface area contributed by atoms with E-state index < -0.39 is 0 Å². The Morgan fingerprint density at radius 1 is 0.791 bits per heavy atom. The molecule has 7 heterocycles. The Bertz CT molecular complexity index is 1560. The highest BCUT2D eigenvalue weighted by atomic mass is 16.4. The number of aromatic nitrogens is 2. The van der Waals surface area contributed by atoms with E-state index in [0.717, 1.165) is 50.2 Å². The molecular weight excluding hydrogens is 548 g/mol. The van der Waals surface area contributed by atoms with Crippen molar-refractivity contribution in [2.24, 2.45) is 22.9 Å². The molecule has 0 saturated carbocycles. The summed E-state index contributed by atoms with van der Waals surface area (Å²) in [5.41, 5.74) is 2.60. The van der Waals surface area contributed by atoms with Gasteiger partial charge in [0, 0.05) is 94.3 Å². The van der Waals surface area contributed by atoms with Crippen LogP contribution in [0.4, 0.5) is 0 Å². The average Bonchev–Trinajstić information content (AvgIpc) is 3.01. The number of hydrogen-bond donors (Lipinski definition) is 1. The first-order valence-electron chi connectivity index (χ1n) is 15.7. The molecule has 2 aromatic heterocycles. The molecule has 1 N–H and O–H groups in total. The zero-order chi connectivity index (χ0) is 29.7. The molecule has 43 heavy (non-hydrogen) atoms. The normalized spacial score (nSPS) is 28.7. The van der Waals surface area contributed by atoms with Gasteiger partial charge < -0.3 is 24.1 Å². The summed E-state index contributed by atoms with van der Waals surface area (Å²) in [4.78, 5) is 57.8. The molecule has 5 unspecified atom stereocenters. The van der Waals surface area contributed by atoms with Gasteiger partial charge in [0.15, 0.2) is 0 Å². The van der Waals surface area contributed by atoms with Gasteiger partial charge in [0.2, 0.25) is 11.8 Å². The van der Waals surface area contributed by atoms with E-state index in [1.54, 1.807) is 17.0 Å². The smallest absolute Gasteiger partial charge is 0.250 e. The van der Waals surface area contributed by atoms with Crippen LogP contribution in [0.1, 0.15) is 55.3 Å². The van der Waals surface area contributed by atoms with E-state index in [9.17, 15) is 24.4 Å². The molecule has 7 rings (SSSR count). The third kappa shape index (κ3) is 5.43. The van der Waals surface area contributed by atoms with Crippen LogP contribution in [-0.4, -0.2) is 92.4 Å². The van der Waals surface area contributed by atoms with Gasteiger partial charge in [-0.25, -0.2) is 0 Å². The summed E-state index contributed by atoms with van der Waals surface area (Å²) in [6.45, 7) is 5.55.